The Morgan fingerprint density at radius 1 is 1.04 bits per heavy atom. The molecule has 2 aromatic carbocycles. The third-order valence-electron chi connectivity index (χ3n) is 4.42. The smallest absolute Gasteiger partial charge is 0.226 e. The Bertz CT molecular complexity index is 1030. The Labute approximate surface area is 167 Å². The van der Waals surface area contributed by atoms with Gasteiger partial charge in [0.25, 0.3) is 0 Å². The van der Waals surface area contributed by atoms with E-state index in [2.05, 4.69) is 10.3 Å². The highest BCUT2D eigenvalue weighted by atomic mass is 32.1. The molecular weight excluding hydrogens is 375 g/mol. The third-order valence-corrected chi connectivity index (χ3v) is 5.31. The number of rotatable bonds is 6. The minimum absolute atomic E-state index is 0.0463. The predicted molar refractivity (Wildman–Crippen MR) is 110 cm³/mol. The van der Waals surface area contributed by atoms with E-state index in [0.717, 1.165) is 21.6 Å². The van der Waals surface area contributed by atoms with Crippen LogP contribution in [0.3, 0.4) is 0 Å². The number of aryl methyl sites for hydroxylation is 3. The lowest BCUT2D eigenvalue weighted by Crippen LogP contribution is -2.13. The fourth-order valence-corrected chi connectivity index (χ4v) is 3.85. The van der Waals surface area contributed by atoms with Gasteiger partial charge in [0.15, 0.2) is 10.9 Å². The van der Waals surface area contributed by atoms with Crippen LogP contribution in [-0.2, 0) is 4.79 Å². The summed E-state index contributed by atoms with van der Waals surface area (Å²) in [6.45, 7) is 5.77. The van der Waals surface area contributed by atoms with E-state index < -0.39 is 0 Å². The summed E-state index contributed by atoms with van der Waals surface area (Å²) < 4.78 is 13.1. The van der Waals surface area contributed by atoms with Crippen LogP contribution in [0.25, 0.3) is 11.3 Å². The molecular formula is C22H21FN2O2S. The van der Waals surface area contributed by atoms with E-state index in [4.69, 9.17) is 0 Å². The average Bonchev–Trinajstić information content (AvgIpc) is 3.00. The number of nitrogens with zero attached hydrogens (tertiary/aromatic N) is 1. The van der Waals surface area contributed by atoms with Gasteiger partial charge in [0.2, 0.25) is 5.91 Å². The summed E-state index contributed by atoms with van der Waals surface area (Å²) in [7, 11) is 0. The lowest BCUT2D eigenvalue weighted by Gasteiger charge is -2.06. The monoisotopic (exact) mass is 396 g/mol. The number of thiazole rings is 1. The van der Waals surface area contributed by atoms with Gasteiger partial charge >= 0.3 is 0 Å². The van der Waals surface area contributed by atoms with Crippen LogP contribution in [0, 0.1) is 26.6 Å². The number of aromatic nitrogens is 1. The van der Waals surface area contributed by atoms with E-state index >= 15 is 0 Å². The van der Waals surface area contributed by atoms with Crippen LogP contribution in [0.5, 0.6) is 0 Å². The topological polar surface area (TPSA) is 59.1 Å². The second kappa shape index (κ2) is 8.44. The minimum Gasteiger partial charge on any atom is -0.302 e. The van der Waals surface area contributed by atoms with Crippen LogP contribution < -0.4 is 5.32 Å². The maximum Gasteiger partial charge on any atom is 0.226 e. The highest BCUT2D eigenvalue weighted by Gasteiger charge is 2.15. The lowest BCUT2D eigenvalue weighted by atomic mass is 9.99. The fourth-order valence-electron chi connectivity index (χ4n) is 3.00. The molecule has 4 nitrogen and oxygen atoms in total. The SMILES string of the molecule is Cc1ccc(C(=O)CCC(=O)Nc2nc(-c3ccc(F)cc3)c(C)s2)c(C)c1. The molecule has 0 atom stereocenters. The van der Waals surface area contributed by atoms with Gasteiger partial charge in [-0.2, -0.15) is 0 Å². The predicted octanol–water partition coefficient (Wildman–Crippen LogP) is 5.48. The normalized spacial score (nSPS) is 10.7. The molecule has 0 saturated heterocycles. The molecule has 144 valence electrons. The molecule has 0 saturated carbocycles. The number of anilines is 1. The van der Waals surface area contributed by atoms with E-state index in [1.165, 1.54) is 23.5 Å². The summed E-state index contributed by atoms with van der Waals surface area (Å²) in [5.74, 6) is -0.605. The summed E-state index contributed by atoms with van der Waals surface area (Å²) in [6.07, 6.45) is 0.238. The first-order chi connectivity index (χ1) is 13.3. The Hall–Kier alpha value is -2.86. The van der Waals surface area contributed by atoms with Gasteiger partial charge in [0, 0.05) is 28.8 Å². The van der Waals surface area contributed by atoms with Crippen molar-refractivity contribution in [3.63, 3.8) is 0 Å². The maximum absolute atomic E-state index is 13.1. The number of carbonyl (C=O) groups excluding carboxylic acids is 2. The second-order valence-corrected chi connectivity index (χ2v) is 7.92. The van der Waals surface area contributed by atoms with Crippen molar-refractivity contribution in [2.75, 3.05) is 5.32 Å². The number of Topliss-reactive ketones (excluding diaryl/α,β-unsaturated/α-hetero) is 1. The first-order valence-electron chi connectivity index (χ1n) is 8.97. The molecule has 6 heteroatoms. The number of benzene rings is 2. The van der Waals surface area contributed by atoms with Gasteiger partial charge < -0.3 is 5.32 Å². The van der Waals surface area contributed by atoms with Crippen LogP contribution in [0.4, 0.5) is 9.52 Å². The van der Waals surface area contributed by atoms with Crippen LogP contribution in [-0.4, -0.2) is 16.7 Å². The van der Waals surface area contributed by atoms with Crippen molar-refractivity contribution >= 4 is 28.2 Å². The highest BCUT2D eigenvalue weighted by molar-refractivity contribution is 7.16. The van der Waals surface area contributed by atoms with Crippen molar-refractivity contribution in [1.82, 2.24) is 4.98 Å². The minimum atomic E-state index is -0.307. The largest absolute Gasteiger partial charge is 0.302 e. The van der Waals surface area contributed by atoms with Crippen LogP contribution in [0.15, 0.2) is 42.5 Å². The molecule has 0 radical (unpaired) electrons. The first-order valence-corrected chi connectivity index (χ1v) is 9.79. The Balaban J connectivity index is 1.61. The standard InChI is InChI=1S/C22H21FN2O2S/c1-13-4-9-18(14(2)12-13)19(26)10-11-20(27)24-22-25-21(15(3)28-22)16-5-7-17(23)8-6-16/h4-9,12H,10-11H2,1-3H3,(H,24,25,27). The highest BCUT2D eigenvalue weighted by Crippen LogP contribution is 2.30. The molecule has 0 aliphatic rings. The molecule has 1 aromatic heterocycles. The number of carbonyl (C=O) groups is 2. The number of hydrogen-bond acceptors (Lipinski definition) is 4. The van der Waals surface area contributed by atoms with Gasteiger partial charge in [0.1, 0.15) is 5.82 Å². The molecule has 28 heavy (non-hydrogen) atoms. The van der Waals surface area contributed by atoms with Crippen molar-refractivity contribution in [1.29, 1.82) is 0 Å². The van der Waals surface area contributed by atoms with Gasteiger partial charge in [0.05, 0.1) is 5.69 Å². The number of halogens is 1. The van der Waals surface area contributed by atoms with Gasteiger partial charge in [-0.1, -0.05) is 23.8 Å². The summed E-state index contributed by atoms with van der Waals surface area (Å²) in [5, 5.41) is 3.23. The lowest BCUT2D eigenvalue weighted by molar-refractivity contribution is -0.116. The second-order valence-electron chi connectivity index (χ2n) is 6.72. The molecule has 3 rings (SSSR count). The van der Waals surface area contributed by atoms with Gasteiger partial charge in [-0.15, -0.1) is 11.3 Å². The van der Waals surface area contributed by atoms with E-state index in [0.29, 0.717) is 16.4 Å². The maximum atomic E-state index is 13.1. The molecule has 0 aliphatic heterocycles. The van der Waals surface area contributed by atoms with Crippen molar-refractivity contribution in [2.45, 2.75) is 33.6 Å². The molecule has 0 spiro atoms. The number of amides is 1. The van der Waals surface area contributed by atoms with E-state index in [-0.39, 0.29) is 30.3 Å². The third kappa shape index (κ3) is 4.70. The summed E-state index contributed by atoms with van der Waals surface area (Å²) in [4.78, 5) is 30.0. The summed E-state index contributed by atoms with van der Waals surface area (Å²) in [5.41, 5.74) is 4.18. The van der Waals surface area contributed by atoms with Crippen molar-refractivity contribution in [3.8, 4) is 11.3 Å². The zero-order valence-electron chi connectivity index (χ0n) is 16.0. The Morgan fingerprint density at radius 2 is 1.75 bits per heavy atom. The van der Waals surface area contributed by atoms with Crippen LogP contribution in [0.1, 0.15) is 39.2 Å². The molecule has 1 N–H and O–H groups in total. The molecule has 0 unspecified atom stereocenters. The molecule has 0 bridgehead atoms. The van der Waals surface area contributed by atoms with Crippen molar-refractivity contribution in [2.24, 2.45) is 0 Å². The zero-order chi connectivity index (χ0) is 20.3. The number of nitrogens with one attached hydrogen (secondary N) is 1. The molecule has 1 amide bonds. The Morgan fingerprint density at radius 3 is 2.43 bits per heavy atom. The molecule has 3 aromatic rings. The van der Waals surface area contributed by atoms with Crippen LogP contribution >= 0.6 is 11.3 Å². The number of hydrogen-bond donors (Lipinski definition) is 1. The van der Waals surface area contributed by atoms with Crippen molar-refractivity contribution in [3.05, 3.63) is 69.8 Å². The first kappa shape index (κ1) is 19.9. The van der Waals surface area contributed by atoms with Gasteiger partial charge in [-0.25, -0.2) is 9.37 Å². The van der Waals surface area contributed by atoms with Gasteiger partial charge in [-0.05, 0) is 50.6 Å². The van der Waals surface area contributed by atoms with Crippen molar-refractivity contribution < 1.29 is 14.0 Å². The summed E-state index contributed by atoms with van der Waals surface area (Å²) in [6, 6.07) is 11.7. The van der Waals surface area contributed by atoms with E-state index in [1.807, 2.05) is 39.0 Å². The fraction of sp³-hybridized carbons (Fsp3) is 0.227. The van der Waals surface area contributed by atoms with Gasteiger partial charge in [-0.3, -0.25) is 9.59 Å². The Kier molecular flexibility index (Phi) is 5.99. The summed E-state index contributed by atoms with van der Waals surface area (Å²) >= 11 is 1.35. The number of ketones is 1. The molecule has 0 fully saturated rings. The average molecular weight is 396 g/mol. The quantitative estimate of drug-likeness (QED) is 0.562. The van der Waals surface area contributed by atoms with E-state index in [9.17, 15) is 14.0 Å². The molecule has 0 aliphatic carbocycles. The van der Waals surface area contributed by atoms with Crippen LogP contribution in [0.2, 0.25) is 0 Å². The zero-order valence-corrected chi connectivity index (χ0v) is 16.8. The molecule has 1 heterocycles. The van der Waals surface area contributed by atoms with E-state index in [1.54, 1.807) is 12.1 Å².